The SMILES string of the molecule is CC(=O)Nc1cc(F)c(F)cc1NC(=O)c1cccc(C)c1F. The minimum absolute atomic E-state index is 0.127. The Bertz CT molecular complexity index is 791. The van der Waals surface area contributed by atoms with Crippen molar-refractivity contribution in [2.45, 2.75) is 13.8 Å². The van der Waals surface area contributed by atoms with Gasteiger partial charge in [0.15, 0.2) is 11.6 Å². The van der Waals surface area contributed by atoms with Gasteiger partial charge in [-0.3, -0.25) is 9.59 Å². The molecule has 2 aromatic rings. The second-order valence-corrected chi connectivity index (χ2v) is 4.88. The molecule has 0 unspecified atom stereocenters. The van der Waals surface area contributed by atoms with E-state index in [4.69, 9.17) is 0 Å². The van der Waals surface area contributed by atoms with E-state index < -0.39 is 29.3 Å². The average Bonchev–Trinajstić information content (AvgIpc) is 2.46. The van der Waals surface area contributed by atoms with Gasteiger partial charge in [0.25, 0.3) is 5.91 Å². The third-order valence-electron chi connectivity index (χ3n) is 3.06. The molecule has 0 radical (unpaired) electrons. The molecule has 0 fully saturated rings. The number of carbonyl (C=O) groups excluding carboxylic acids is 2. The van der Waals surface area contributed by atoms with Gasteiger partial charge in [-0.05, 0) is 18.6 Å². The maximum absolute atomic E-state index is 13.9. The molecule has 7 heteroatoms. The van der Waals surface area contributed by atoms with E-state index in [-0.39, 0.29) is 22.5 Å². The van der Waals surface area contributed by atoms with Crippen molar-refractivity contribution < 1.29 is 22.8 Å². The Kier molecular flexibility index (Phi) is 4.68. The topological polar surface area (TPSA) is 58.2 Å². The molecular formula is C16H13F3N2O2. The molecule has 0 bridgehead atoms. The molecule has 0 saturated carbocycles. The van der Waals surface area contributed by atoms with Gasteiger partial charge in [-0.2, -0.15) is 0 Å². The van der Waals surface area contributed by atoms with E-state index in [2.05, 4.69) is 10.6 Å². The summed E-state index contributed by atoms with van der Waals surface area (Å²) in [6.07, 6.45) is 0. The molecule has 2 rings (SSSR count). The van der Waals surface area contributed by atoms with Crippen LogP contribution in [0.3, 0.4) is 0 Å². The van der Waals surface area contributed by atoms with Gasteiger partial charge in [-0.25, -0.2) is 13.2 Å². The lowest BCUT2D eigenvalue weighted by Crippen LogP contribution is -2.17. The minimum atomic E-state index is -1.21. The van der Waals surface area contributed by atoms with Crippen LogP contribution in [0.1, 0.15) is 22.8 Å². The predicted octanol–water partition coefficient (Wildman–Crippen LogP) is 3.62. The summed E-state index contributed by atoms with van der Waals surface area (Å²) in [7, 11) is 0. The van der Waals surface area contributed by atoms with Crippen LogP contribution in [0.2, 0.25) is 0 Å². The second-order valence-electron chi connectivity index (χ2n) is 4.88. The zero-order chi connectivity index (χ0) is 17.1. The Balaban J connectivity index is 2.38. The summed E-state index contributed by atoms with van der Waals surface area (Å²) in [6, 6.07) is 5.69. The molecule has 0 aliphatic heterocycles. The first kappa shape index (κ1) is 16.5. The summed E-state index contributed by atoms with van der Waals surface area (Å²) in [4.78, 5) is 23.3. The molecule has 0 heterocycles. The molecule has 0 aliphatic rings. The molecular weight excluding hydrogens is 309 g/mol. The van der Waals surface area contributed by atoms with Gasteiger partial charge >= 0.3 is 0 Å². The molecule has 0 aromatic heterocycles. The smallest absolute Gasteiger partial charge is 0.258 e. The highest BCUT2D eigenvalue weighted by atomic mass is 19.2. The fourth-order valence-corrected chi connectivity index (χ4v) is 1.96. The van der Waals surface area contributed by atoms with Crippen LogP contribution in [-0.4, -0.2) is 11.8 Å². The molecule has 2 N–H and O–H groups in total. The van der Waals surface area contributed by atoms with E-state index in [0.717, 1.165) is 6.07 Å². The van der Waals surface area contributed by atoms with Crippen molar-refractivity contribution in [3.05, 3.63) is 58.9 Å². The quantitative estimate of drug-likeness (QED) is 0.907. The molecule has 0 spiro atoms. The second kappa shape index (κ2) is 6.51. The van der Waals surface area contributed by atoms with Crippen molar-refractivity contribution >= 4 is 23.2 Å². The third-order valence-corrected chi connectivity index (χ3v) is 3.06. The molecule has 4 nitrogen and oxygen atoms in total. The highest BCUT2D eigenvalue weighted by Crippen LogP contribution is 2.26. The number of aryl methyl sites for hydroxylation is 1. The van der Waals surface area contributed by atoms with Crippen LogP contribution in [-0.2, 0) is 4.79 Å². The Morgan fingerprint density at radius 1 is 0.957 bits per heavy atom. The van der Waals surface area contributed by atoms with E-state index in [1.807, 2.05) is 0 Å². The first-order valence-electron chi connectivity index (χ1n) is 6.62. The van der Waals surface area contributed by atoms with Gasteiger partial charge in [-0.1, -0.05) is 12.1 Å². The van der Waals surface area contributed by atoms with E-state index in [9.17, 15) is 22.8 Å². The standard InChI is InChI=1S/C16H13F3N2O2/c1-8-4-3-5-10(15(8)19)16(23)21-14-7-12(18)11(17)6-13(14)20-9(2)22/h3-7H,1-2H3,(H,20,22)(H,21,23). The third kappa shape index (κ3) is 3.68. The van der Waals surface area contributed by atoms with Crippen LogP contribution < -0.4 is 10.6 Å². The van der Waals surface area contributed by atoms with E-state index >= 15 is 0 Å². The number of rotatable bonds is 3. The number of carbonyl (C=O) groups is 2. The Labute approximate surface area is 130 Å². The van der Waals surface area contributed by atoms with E-state index in [1.165, 1.54) is 32.0 Å². The van der Waals surface area contributed by atoms with Crippen molar-refractivity contribution in [2.75, 3.05) is 10.6 Å². The van der Waals surface area contributed by atoms with Crippen LogP contribution in [0.15, 0.2) is 30.3 Å². The van der Waals surface area contributed by atoms with Gasteiger partial charge in [0.2, 0.25) is 5.91 Å². The first-order valence-corrected chi connectivity index (χ1v) is 6.62. The Morgan fingerprint density at radius 3 is 2.09 bits per heavy atom. The zero-order valence-corrected chi connectivity index (χ0v) is 12.3. The van der Waals surface area contributed by atoms with Gasteiger partial charge in [0.05, 0.1) is 16.9 Å². The van der Waals surface area contributed by atoms with Gasteiger partial charge in [0, 0.05) is 19.1 Å². The lowest BCUT2D eigenvalue weighted by molar-refractivity contribution is -0.114. The molecule has 2 amide bonds. The number of anilines is 2. The maximum atomic E-state index is 13.9. The van der Waals surface area contributed by atoms with Crippen molar-refractivity contribution in [1.29, 1.82) is 0 Å². The maximum Gasteiger partial charge on any atom is 0.258 e. The summed E-state index contributed by atoms with van der Waals surface area (Å²) in [5.41, 5.74) is -0.281. The predicted molar refractivity (Wildman–Crippen MR) is 79.8 cm³/mol. The van der Waals surface area contributed by atoms with Crippen molar-refractivity contribution in [2.24, 2.45) is 0 Å². The van der Waals surface area contributed by atoms with Crippen LogP contribution in [0.4, 0.5) is 24.5 Å². The molecule has 0 aliphatic carbocycles. The molecule has 23 heavy (non-hydrogen) atoms. The van der Waals surface area contributed by atoms with Crippen molar-refractivity contribution in [3.8, 4) is 0 Å². The van der Waals surface area contributed by atoms with Crippen LogP contribution in [0.25, 0.3) is 0 Å². The molecule has 0 saturated heterocycles. The lowest BCUT2D eigenvalue weighted by atomic mass is 10.1. The summed E-state index contributed by atoms with van der Waals surface area (Å²) >= 11 is 0. The summed E-state index contributed by atoms with van der Waals surface area (Å²) in [5.74, 6) is -4.49. The summed E-state index contributed by atoms with van der Waals surface area (Å²) in [6.45, 7) is 2.67. The first-order chi connectivity index (χ1) is 10.8. The summed E-state index contributed by atoms with van der Waals surface area (Å²) in [5, 5.41) is 4.54. The lowest BCUT2D eigenvalue weighted by Gasteiger charge is -2.13. The van der Waals surface area contributed by atoms with Crippen molar-refractivity contribution in [1.82, 2.24) is 0 Å². The number of hydrogen-bond acceptors (Lipinski definition) is 2. The monoisotopic (exact) mass is 322 g/mol. The van der Waals surface area contributed by atoms with E-state index in [0.29, 0.717) is 6.07 Å². The highest BCUT2D eigenvalue weighted by Gasteiger charge is 2.17. The molecule has 2 aromatic carbocycles. The molecule has 0 atom stereocenters. The van der Waals surface area contributed by atoms with Crippen LogP contribution >= 0.6 is 0 Å². The Morgan fingerprint density at radius 2 is 1.52 bits per heavy atom. The highest BCUT2D eigenvalue weighted by molar-refractivity contribution is 6.07. The number of nitrogens with one attached hydrogen (secondary N) is 2. The number of amides is 2. The number of halogens is 3. The van der Waals surface area contributed by atoms with Crippen molar-refractivity contribution in [3.63, 3.8) is 0 Å². The van der Waals surface area contributed by atoms with Gasteiger partial charge < -0.3 is 10.6 Å². The molecule has 120 valence electrons. The van der Waals surface area contributed by atoms with Gasteiger partial charge in [0.1, 0.15) is 5.82 Å². The largest absolute Gasteiger partial charge is 0.324 e. The fourth-order valence-electron chi connectivity index (χ4n) is 1.96. The fraction of sp³-hybridized carbons (Fsp3) is 0.125. The van der Waals surface area contributed by atoms with E-state index in [1.54, 1.807) is 0 Å². The summed E-state index contributed by atoms with van der Waals surface area (Å²) < 4.78 is 40.6. The average molecular weight is 322 g/mol. The zero-order valence-electron chi connectivity index (χ0n) is 12.3. The van der Waals surface area contributed by atoms with Crippen LogP contribution in [0, 0.1) is 24.4 Å². The normalized spacial score (nSPS) is 10.3. The number of hydrogen-bond donors (Lipinski definition) is 2. The minimum Gasteiger partial charge on any atom is -0.324 e. The van der Waals surface area contributed by atoms with Gasteiger partial charge in [-0.15, -0.1) is 0 Å². The van der Waals surface area contributed by atoms with Crippen LogP contribution in [0.5, 0.6) is 0 Å². The number of benzene rings is 2. The Hall–Kier alpha value is -2.83.